The molecule has 3 atom stereocenters. The highest BCUT2D eigenvalue weighted by atomic mass is 16.2. The number of hydrogen-bond acceptors (Lipinski definition) is 3. The molecule has 22 heavy (non-hydrogen) atoms. The molecule has 3 aliphatic heterocycles. The van der Waals surface area contributed by atoms with Crippen molar-refractivity contribution >= 4 is 11.8 Å². The number of piperidine rings is 2. The first-order valence-electron chi connectivity index (χ1n) is 8.96. The Morgan fingerprint density at radius 2 is 1.77 bits per heavy atom. The lowest BCUT2D eigenvalue weighted by Crippen LogP contribution is -2.49. The molecule has 0 aromatic rings. The third kappa shape index (κ3) is 3.80. The van der Waals surface area contributed by atoms with Crippen molar-refractivity contribution < 1.29 is 9.59 Å². The van der Waals surface area contributed by atoms with Crippen LogP contribution < -0.4 is 10.6 Å². The van der Waals surface area contributed by atoms with Crippen LogP contribution in [0.25, 0.3) is 0 Å². The molecular weight excluding hydrogens is 278 g/mol. The molecule has 0 aliphatic carbocycles. The van der Waals surface area contributed by atoms with Crippen LogP contribution in [0.2, 0.25) is 0 Å². The number of hydrogen-bond donors (Lipinski definition) is 2. The second-order valence-electron chi connectivity index (χ2n) is 7.35. The quantitative estimate of drug-likeness (QED) is 0.826. The normalized spacial score (nSPS) is 32.6. The second kappa shape index (κ2) is 6.99. The van der Waals surface area contributed by atoms with E-state index in [2.05, 4.69) is 10.6 Å². The Kier molecular flexibility index (Phi) is 5.01. The van der Waals surface area contributed by atoms with Crippen LogP contribution >= 0.6 is 0 Å². The predicted molar refractivity (Wildman–Crippen MR) is 85.3 cm³/mol. The monoisotopic (exact) mass is 307 g/mol. The van der Waals surface area contributed by atoms with Gasteiger partial charge in [0.2, 0.25) is 11.8 Å². The number of likely N-dealkylation sites (tertiary alicyclic amines) is 1. The molecule has 0 aromatic heterocycles. The number of rotatable bonds is 4. The van der Waals surface area contributed by atoms with Gasteiger partial charge in [-0.2, -0.15) is 0 Å². The third-order valence-electron chi connectivity index (χ3n) is 5.46. The first kappa shape index (κ1) is 15.8. The highest BCUT2D eigenvalue weighted by molar-refractivity contribution is 5.87. The summed E-state index contributed by atoms with van der Waals surface area (Å²) in [6.07, 6.45) is 8.69. The molecule has 3 fully saturated rings. The minimum absolute atomic E-state index is 0.0455. The summed E-state index contributed by atoms with van der Waals surface area (Å²) in [6, 6.07) is 0.844. The Morgan fingerprint density at radius 3 is 2.41 bits per heavy atom. The fourth-order valence-corrected chi connectivity index (χ4v) is 4.35. The van der Waals surface area contributed by atoms with Gasteiger partial charge in [0, 0.05) is 31.6 Å². The average Bonchev–Trinajstić information content (AvgIpc) is 2.86. The van der Waals surface area contributed by atoms with Crippen LogP contribution in [0.4, 0.5) is 0 Å². The molecule has 2 bridgehead atoms. The van der Waals surface area contributed by atoms with Crippen molar-refractivity contribution in [3.05, 3.63) is 0 Å². The zero-order chi connectivity index (χ0) is 15.5. The summed E-state index contributed by atoms with van der Waals surface area (Å²) in [5.41, 5.74) is 0. The van der Waals surface area contributed by atoms with E-state index in [4.69, 9.17) is 0 Å². The molecule has 3 aliphatic rings. The largest absolute Gasteiger partial charge is 0.345 e. The number of carbonyl (C=O) groups excluding carboxylic acids is 2. The van der Waals surface area contributed by atoms with Crippen molar-refractivity contribution in [1.29, 1.82) is 0 Å². The van der Waals surface area contributed by atoms with E-state index in [0.29, 0.717) is 24.4 Å². The lowest BCUT2D eigenvalue weighted by molar-refractivity contribution is -0.137. The first-order valence-corrected chi connectivity index (χ1v) is 8.96. The van der Waals surface area contributed by atoms with E-state index in [9.17, 15) is 9.59 Å². The van der Waals surface area contributed by atoms with Crippen LogP contribution in [0.15, 0.2) is 0 Å². The number of nitrogens with one attached hydrogen (secondary N) is 2. The van der Waals surface area contributed by atoms with Crippen LogP contribution in [-0.2, 0) is 9.59 Å². The van der Waals surface area contributed by atoms with Gasteiger partial charge in [0.15, 0.2) is 0 Å². The summed E-state index contributed by atoms with van der Waals surface area (Å²) in [7, 11) is 0. The van der Waals surface area contributed by atoms with Crippen molar-refractivity contribution in [2.24, 2.45) is 5.92 Å². The minimum Gasteiger partial charge on any atom is -0.345 e. The van der Waals surface area contributed by atoms with E-state index >= 15 is 0 Å². The van der Waals surface area contributed by atoms with Crippen molar-refractivity contribution in [2.75, 3.05) is 13.1 Å². The molecule has 0 spiro atoms. The van der Waals surface area contributed by atoms with Gasteiger partial charge in [0.25, 0.3) is 0 Å². The van der Waals surface area contributed by atoms with Gasteiger partial charge in [-0.25, -0.2) is 0 Å². The van der Waals surface area contributed by atoms with Gasteiger partial charge >= 0.3 is 0 Å². The summed E-state index contributed by atoms with van der Waals surface area (Å²) < 4.78 is 0. The summed E-state index contributed by atoms with van der Waals surface area (Å²) in [4.78, 5) is 26.5. The van der Waals surface area contributed by atoms with Gasteiger partial charge < -0.3 is 15.5 Å². The molecule has 0 saturated carbocycles. The van der Waals surface area contributed by atoms with Gasteiger partial charge in [-0.05, 0) is 57.8 Å². The molecule has 2 amide bonds. The lowest BCUT2D eigenvalue weighted by Gasteiger charge is -2.31. The molecule has 124 valence electrons. The van der Waals surface area contributed by atoms with Gasteiger partial charge in [-0.3, -0.25) is 9.59 Å². The topological polar surface area (TPSA) is 61.4 Å². The van der Waals surface area contributed by atoms with Crippen molar-refractivity contribution in [2.45, 2.75) is 76.4 Å². The molecule has 3 rings (SSSR count). The zero-order valence-corrected chi connectivity index (χ0v) is 13.6. The number of fused-ring (bicyclic) bond motifs is 2. The Labute approximate surface area is 133 Å². The second-order valence-corrected chi connectivity index (χ2v) is 7.35. The average molecular weight is 307 g/mol. The minimum atomic E-state index is -0.385. The SMILES string of the molecule is CC(NC(=O)CC1CC2CCC(C1)N2)C(=O)N1CCCCC1. The molecule has 2 N–H and O–H groups in total. The smallest absolute Gasteiger partial charge is 0.244 e. The molecule has 3 unspecified atom stereocenters. The van der Waals surface area contributed by atoms with Gasteiger partial charge in [0.1, 0.15) is 6.04 Å². The van der Waals surface area contributed by atoms with Crippen molar-refractivity contribution in [3.63, 3.8) is 0 Å². The maximum Gasteiger partial charge on any atom is 0.244 e. The Hall–Kier alpha value is -1.10. The zero-order valence-electron chi connectivity index (χ0n) is 13.6. The van der Waals surface area contributed by atoms with E-state index < -0.39 is 0 Å². The molecular formula is C17H29N3O2. The fourth-order valence-electron chi connectivity index (χ4n) is 4.35. The molecule has 3 heterocycles. The lowest BCUT2D eigenvalue weighted by atomic mass is 9.89. The van der Waals surface area contributed by atoms with E-state index in [0.717, 1.165) is 38.8 Å². The van der Waals surface area contributed by atoms with Crippen molar-refractivity contribution in [3.8, 4) is 0 Å². The number of carbonyl (C=O) groups is 2. The molecule has 5 nitrogen and oxygen atoms in total. The Morgan fingerprint density at radius 1 is 1.14 bits per heavy atom. The highest BCUT2D eigenvalue weighted by Gasteiger charge is 2.34. The summed E-state index contributed by atoms with van der Waals surface area (Å²) >= 11 is 0. The molecule has 5 heteroatoms. The Balaban J connectivity index is 1.43. The fraction of sp³-hybridized carbons (Fsp3) is 0.882. The number of nitrogens with zero attached hydrogens (tertiary/aromatic N) is 1. The summed E-state index contributed by atoms with van der Waals surface area (Å²) in [6.45, 7) is 3.51. The van der Waals surface area contributed by atoms with Crippen LogP contribution in [0.5, 0.6) is 0 Å². The van der Waals surface area contributed by atoms with Crippen LogP contribution in [0.3, 0.4) is 0 Å². The van der Waals surface area contributed by atoms with E-state index in [1.165, 1.54) is 19.3 Å². The van der Waals surface area contributed by atoms with E-state index in [-0.39, 0.29) is 17.9 Å². The highest BCUT2D eigenvalue weighted by Crippen LogP contribution is 2.32. The third-order valence-corrected chi connectivity index (χ3v) is 5.46. The molecule has 0 aromatic carbocycles. The summed E-state index contributed by atoms with van der Waals surface area (Å²) in [5, 5.41) is 6.53. The maximum atomic E-state index is 12.3. The predicted octanol–water partition coefficient (Wildman–Crippen LogP) is 1.42. The van der Waals surface area contributed by atoms with Crippen molar-refractivity contribution in [1.82, 2.24) is 15.5 Å². The molecule has 0 radical (unpaired) electrons. The van der Waals surface area contributed by atoms with Crippen LogP contribution in [0, 0.1) is 5.92 Å². The first-order chi connectivity index (χ1) is 10.6. The van der Waals surface area contributed by atoms with E-state index in [1.807, 2.05) is 11.8 Å². The van der Waals surface area contributed by atoms with Gasteiger partial charge in [-0.1, -0.05) is 0 Å². The molecule has 3 saturated heterocycles. The van der Waals surface area contributed by atoms with E-state index in [1.54, 1.807) is 0 Å². The van der Waals surface area contributed by atoms with Gasteiger partial charge in [-0.15, -0.1) is 0 Å². The van der Waals surface area contributed by atoms with Crippen LogP contribution in [0.1, 0.15) is 58.3 Å². The standard InChI is InChI=1S/C17H29N3O2/c1-12(17(22)20-7-3-2-4-8-20)18-16(21)11-13-9-14-5-6-15(10-13)19-14/h12-15,19H,2-11H2,1H3,(H,18,21). The van der Waals surface area contributed by atoms with Gasteiger partial charge in [0.05, 0.1) is 0 Å². The Bertz CT molecular complexity index is 408. The summed E-state index contributed by atoms with van der Waals surface area (Å²) in [5.74, 6) is 0.610. The maximum absolute atomic E-state index is 12.3. The number of amides is 2. The van der Waals surface area contributed by atoms with Crippen LogP contribution in [-0.4, -0.2) is 47.9 Å².